The molecular formula is C20H26N3O4S+. The van der Waals surface area contributed by atoms with Crippen molar-refractivity contribution in [1.29, 1.82) is 0 Å². The smallest absolute Gasteiger partial charge is 0.308 e. The third kappa shape index (κ3) is 4.11. The van der Waals surface area contributed by atoms with Gasteiger partial charge in [-0.1, -0.05) is 18.2 Å². The number of nitrogens with one attached hydrogen (secondary N) is 1. The van der Waals surface area contributed by atoms with Crippen LogP contribution in [0.15, 0.2) is 53.6 Å². The minimum absolute atomic E-state index is 0.0649. The minimum atomic E-state index is -3.65. The quantitative estimate of drug-likeness (QED) is 0.689. The fourth-order valence-electron chi connectivity index (χ4n) is 3.50. The number of H-pyrrole nitrogens is 1. The average molecular weight is 405 g/mol. The number of hydrogen-bond acceptors (Lipinski definition) is 5. The molecule has 1 aliphatic heterocycles. The van der Waals surface area contributed by atoms with E-state index in [2.05, 4.69) is 9.88 Å². The first-order valence-corrected chi connectivity index (χ1v) is 10.8. The highest BCUT2D eigenvalue weighted by atomic mass is 32.2. The summed E-state index contributed by atoms with van der Waals surface area (Å²) in [6.45, 7) is 3.59. The standard InChI is InChI=1S/C20H25N3O4S/c1-3-23(17-7-5-4-6-8-17)28(25,26)18-9-10-19(21-15-18)22-13-11-16(12-14-22)20(24)27-2/h4-10,15-16H,3,11-14H2,1-2H3/p+1. The molecule has 0 amide bonds. The Hall–Kier alpha value is -2.61. The van der Waals surface area contributed by atoms with Crippen LogP contribution in [-0.4, -0.2) is 41.1 Å². The zero-order chi connectivity index (χ0) is 20.1. The number of ether oxygens (including phenoxy) is 1. The van der Waals surface area contributed by atoms with Gasteiger partial charge in [0.2, 0.25) is 0 Å². The lowest BCUT2D eigenvalue weighted by molar-refractivity contribution is -0.367. The number of hydrogen-bond donors (Lipinski definition) is 0. The van der Waals surface area contributed by atoms with Crippen LogP contribution in [0.4, 0.5) is 11.5 Å². The molecule has 0 unspecified atom stereocenters. The summed E-state index contributed by atoms with van der Waals surface area (Å²) in [7, 11) is -2.24. The monoisotopic (exact) mass is 404 g/mol. The Morgan fingerprint density at radius 3 is 2.39 bits per heavy atom. The zero-order valence-corrected chi connectivity index (χ0v) is 17.0. The number of para-hydroxylation sites is 1. The lowest BCUT2D eigenvalue weighted by atomic mass is 9.97. The number of rotatable bonds is 6. The van der Waals surface area contributed by atoms with Crippen LogP contribution in [0.25, 0.3) is 0 Å². The maximum Gasteiger partial charge on any atom is 0.308 e. The number of esters is 1. The fourth-order valence-corrected chi connectivity index (χ4v) is 4.94. The topological polar surface area (TPSA) is 81.1 Å². The summed E-state index contributed by atoms with van der Waals surface area (Å²) in [6.07, 6.45) is 2.97. The molecule has 2 heterocycles. The lowest BCUT2D eigenvalue weighted by Gasteiger charge is -2.26. The van der Waals surface area contributed by atoms with Crippen LogP contribution < -0.4 is 14.2 Å². The van der Waals surface area contributed by atoms with Crippen LogP contribution in [0.2, 0.25) is 0 Å². The maximum atomic E-state index is 13.0. The Labute approximate surface area is 166 Å². The van der Waals surface area contributed by atoms with Crippen LogP contribution in [0.3, 0.4) is 0 Å². The summed E-state index contributed by atoms with van der Waals surface area (Å²) in [5, 5.41) is 0. The van der Waals surface area contributed by atoms with Gasteiger partial charge < -0.3 is 4.74 Å². The van der Waals surface area contributed by atoms with Crippen LogP contribution in [-0.2, 0) is 19.6 Å². The van der Waals surface area contributed by atoms with E-state index in [1.54, 1.807) is 24.3 Å². The molecule has 7 nitrogen and oxygen atoms in total. The Morgan fingerprint density at radius 2 is 1.86 bits per heavy atom. The van der Waals surface area contributed by atoms with Crippen LogP contribution in [0, 0.1) is 5.92 Å². The molecule has 1 aliphatic rings. The van der Waals surface area contributed by atoms with E-state index in [0.29, 0.717) is 25.3 Å². The van der Waals surface area contributed by atoms with Crippen LogP contribution in [0.5, 0.6) is 0 Å². The average Bonchev–Trinajstić information content (AvgIpc) is 2.74. The Bertz CT molecular complexity index is 893. The molecule has 8 heteroatoms. The zero-order valence-electron chi connectivity index (χ0n) is 16.2. The third-order valence-electron chi connectivity index (χ3n) is 5.06. The summed E-state index contributed by atoms with van der Waals surface area (Å²) in [6, 6.07) is 12.5. The van der Waals surface area contributed by atoms with Crippen LogP contribution in [0.1, 0.15) is 19.8 Å². The number of sulfonamides is 1. The number of benzene rings is 1. The van der Waals surface area contributed by atoms with Gasteiger partial charge in [-0.05, 0) is 38.0 Å². The van der Waals surface area contributed by atoms with E-state index in [4.69, 9.17) is 4.74 Å². The molecule has 1 aromatic heterocycles. The predicted octanol–water partition coefficient (Wildman–Crippen LogP) is 2.11. The van der Waals surface area contributed by atoms with E-state index in [9.17, 15) is 13.2 Å². The van der Waals surface area contributed by atoms with E-state index >= 15 is 0 Å². The molecule has 1 fully saturated rings. The number of carbonyl (C=O) groups is 1. The van der Waals surface area contributed by atoms with Crippen molar-refractivity contribution in [3.63, 3.8) is 0 Å². The highest BCUT2D eigenvalue weighted by molar-refractivity contribution is 7.92. The first-order chi connectivity index (χ1) is 13.5. The van der Waals surface area contributed by atoms with E-state index in [1.807, 2.05) is 25.1 Å². The highest BCUT2D eigenvalue weighted by Gasteiger charge is 2.31. The molecule has 0 aliphatic carbocycles. The third-order valence-corrected chi connectivity index (χ3v) is 6.96. The predicted molar refractivity (Wildman–Crippen MR) is 107 cm³/mol. The largest absolute Gasteiger partial charge is 0.469 e. The maximum absolute atomic E-state index is 13.0. The molecule has 0 atom stereocenters. The van der Waals surface area contributed by atoms with Crippen molar-refractivity contribution in [2.45, 2.75) is 24.7 Å². The second kappa shape index (κ2) is 8.60. The van der Waals surface area contributed by atoms with E-state index in [1.165, 1.54) is 17.6 Å². The van der Waals surface area contributed by atoms with Gasteiger partial charge in [-0.25, -0.2) is 13.4 Å². The molecule has 0 spiro atoms. The molecule has 150 valence electrons. The van der Waals surface area contributed by atoms with Gasteiger partial charge in [0.15, 0.2) is 0 Å². The summed E-state index contributed by atoms with van der Waals surface area (Å²) in [5.41, 5.74) is 0.638. The van der Waals surface area contributed by atoms with Gasteiger partial charge in [0.05, 0.1) is 31.8 Å². The number of anilines is 2. The normalized spacial score (nSPS) is 15.3. The van der Waals surface area contributed by atoms with Crippen LogP contribution >= 0.6 is 0 Å². The van der Waals surface area contributed by atoms with Gasteiger partial charge in [-0.3, -0.25) is 14.0 Å². The lowest BCUT2D eigenvalue weighted by Crippen LogP contribution is -2.39. The summed E-state index contributed by atoms with van der Waals surface area (Å²) >= 11 is 0. The van der Waals surface area contributed by atoms with Gasteiger partial charge in [0.1, 0.15) is 11.1 Å². The van der Waals surface area contributed by atoms with Crippen molar-refractivity contribution in [2.24, 2.45) is 5.92 Å². The van der Waals surface area contributed by atoms with Crippen molar-refractivity contribution in [3.8, 4) is 0 Å². The first kappa shape index (κ1) is 20.1. The van der Waals surface area contributed by atoms with Crippen molar-refractivity contribution in [2.75, 3.05) is 35.9 Å². The fraction of sp³-hybridized carbons (Fsp3) is 0.400. The number of pyridine rings is 1. The first-order valence-electron chi connectivity index (χ1n) is 9.39. The Morgan fingerprint density at radius 1 is 1.18 bits per heavy atom. The minimum Gasteiger partial charge on any atom is -0.469 e. The molecule has 3 rings (SSSR count). The van der Waals surface area contributed by atoms with Gasteiger partial charge in [-0.15, -0.1) is 0 Å². The van der Waals surface area contributed by atoms with Crippen molar-refractivity contribution >= 4 is 27.5 Å². The Balaban J connectivity index is 1.74. The molecule has 0 saturated carbocycles. The second-order valence-corrected chi connectivity index (χ2v) is 8.56. The number of nitrogens with zero attached hydrogens (tertiary/aromatic N) is 2. The van der Waals surface area contributed by atoms with Gasteiger partial charge in [0.25, 0.3) is 15.8 Å². The summed E-state index contributed by atoms with van der Waals surface area (Å²) in [5.74, 6) is 0.612. The van der Waals surface area contributed by atoms with E-state index in [-0.39, 0.29) is 16.8 Å². The highest BCUT2D eigenvalue weighted by Crippen LogP contribution is 2.25. The van der Waals surface area contributed by atoms with Gasteiger partial charge in [0, 0.05) is 12.6 Å². The SMILES string of the molecule is CCN(c1ccccc1)S(=O)(=O)c1ccc(N2CCC(C(=O)OC)CC2)[nH+]c1. The van der Waals surface area contributed by atoms with Crippen molar-refractivity contribution < 1.29 is 22.9 Å². The number of aromatic amines is 1. The van der Waals surface area contributed by atoms with Gasteiger partial charge in [-0.2, -0.15) is 0 Å². The molecule has 2 aromatic rings. The molecule has 1 aromatic carbocycles. The number of methoxy groups -OCH3 is 1. The molecule has 1 N–H and O–H groups in total. The number of carbonyl (C=O) groups excluding carboxylic acids is 1. The Kier molecular flexibility index (Phi) is 6.18. The van der Waals surface area contributed by atoms with Crippen molar-refractivity contribution in [1.82, 2.24) is 0 Å². The molecule has 0 bridgehead atoms. The number of piperidine rings is 1. The number of aromatic nitrogens is 1. The molecule has 1 saturated heterocycles. The molecular weight excluding hydrogens is 378 g/mol. The molecule has 28 heavy (non-hydrogen) atoms. The second-order valence-electron chi connectivity index (χ2n) is 6.70. The summed E-state index contributed by atoms with van der Waals surface area (Å²) in [4.78, 5) is 17.1. The van der Waals surface area contributed by atoms with Crippen molar-refractivity contribution in [3.05, 3.63) is 48.7 Å². The van der Waals surface area contributed by atoms with Gasteiger partial charge >= 0.3 is 5.97 Å². The molecule has 0 radical (unpaired) electrons. The van der Waals surface area contributed by atoms with E-state index in [0.717, 1.165) is 18.7 Å². The van der Waals surface area contributed by atoms with E-state index < -0.39 is 10.0 Å². The summed E-state index contributed by atoms with van der Waals surface area (Å²) < 4.78 is 32.3.